The van der Waals surface area contributed by atoms with Crippen molar-refractivity contribution in [3.05, 3.63) is 29.8 Å². The first-order valence-corrected chi connectivity index (χ1v) is 7.29. The van der Waals surface area contributed by atoms with Crippen LogP contribution in [0.3, 0.4) is 0 Å². The number of nitrogens with one attached hydrogen (secondary N) is 1. The smallest absolute Gasteiger partial charge is 0.0401 e. The van der Waals surface area contributed by atoms with Crippen LogP contribution in [0.1, 0.15) is 45.1 Å². The molecule has 0 aromatic heterocycles. The van der Waals surface area contributed by atoms with Gasteiger partial charge in [-0.1, -0.05) is 39.0 Å². The molecule has 2 nitrogen and oxygen atoms in total. The van der Waals surface area contributed by atoms with Gasteiger partial charge in [0.1, 0.15) is 0 Å². The highest BCUT2D eigenvalue weighted by Crippen LogP contribution is 2.29. The second-order valence-electron chi connectivity index (χ2n) is 5.53. The first kappa shape index (κ1) is 13.4. The summed E-state index contributed by atoms with van der Waals surface area (Å²) in [7, 11) is 0. The van der Waals surface area contributed by atoms with Gasteiger partial charge in [0.05, 0.1) is 0 Å². The molecule has 0 saturated carbocycles. The first-order chi connectivity index (χ1) is 8.72. The summed E-state index contributed by atoms with van der Waals surface area (Å²) in [5, 5.41) is 3.57. The van der Waals surface area contributed by atoms with E-state index in [-0.39, 0.29) is 0 Å². The van der Waals surface area contributed by atoms with E-state index in [1.54, 1.807) is 0 Å². The average Bonchev–Trinajstić information content (AvgIpc) is 2.40. The number of benzene rings is 1. The molecule has 18 heavy (non-hydrogen) atoms. The molecule has 1 saturated heterocycles. The molecule has 1 N–H and O–H groups in total. The number of nitrogens with zero attached hydrogens (tertiary/aromatic N) is 1. The van der Waals surface area contributed by atoms with Crippen molar-refractivity contribution in [1.82, 2.24) is 5.32 Å². The molecule has 1 aromatic carbocycles. The van der Waals surface area contributed by atoms with E-state index in [1.807, 2.05) is 0 Å². The molecule has 0 amide bonds. The minimum Gasteiger partial charge on any atom is -0.371 e. The third-order valence-corrected chi connectivity index (χ3v) is 3.89. The molecule has 1 aromatic rings. The molecule has 0 atom stereocenters. The Morgan fingerprint density at radius 1 is 1.22 bits per heavy atom. The van der Waals surface area contributed by atoms with Crippen molar-refractivity contribution in [2.75, 3.05) is 24.5 Å². The van der Waals surface area contributed by atoms with Crippen LogP contribution in [0.4, 0.5) is 5.69 Å². The lowest BCUT2D eigenvalue weighted by atomic mass is 9.98. The Balaban J connectivity index is 2.05. The van der Waals surface area contributed by atoms with Crippen LogP contribution in [0.5, 0.6) is 0 Å². The van der Waals surface area contributed by atoms with E-state index < -0.39 is 0 Å². The second-order valence-corrected chi connectivity index (χ2v) is 5.53. The van der Waals surface area contributed by atoms with Crippen LogP contribution in [-0.2, 0) is 0 Å². The normalized spacial score (nSPS) is 17.4. The SMILES string of the molecule is CCNC1CCN(c2ccccc2C(C)C)CC1. The zero-order valence-corrected chi connectivity index (χ0v) is 11.9. The fourth-order valence-corrected chi connectivity index (χ4v) is 2.88. The van der Waals surface area contributed by atoms with Crippen molar-refractivity contribution in [1.29, 1.82) is 0 Å². The van der Waals surface area contributed by atoms with Gasteiger partial charge in [0.15, 0.2) is 0 Å². The molecule has 1 aliphatic heterocycles. The maximum Gasteiger partial charge on any atom is 0.0401 e. The largest absolute Gasteiger partial charge is 0.371 e. The van der Waals surface area contributed by atoms with Gasteiger partial charge in [0.2, 0.25) is 0 Å². The Bertz CT molecular complexity index is 365. The molecule has 1 aliphatic rings. The lowest BCUT2D eigenvalue weighted by molar-refractivity contribution is 0.423. The summed E-state index contributed by atoms with van der Waals surface area (Å²) in [4.78, 5) is 2.56. The van der Waals surface area contributed by atoms with E-state index in [4.69, 9.17) is 0 Å². The van der Waals surface area contributed by atoms with E-state index in [0.29, 0.717) is 5.92 Å². The fraction of sp³-hybridized carbons (Fsp3) is 0.625. The first-order valence-electron chi connectivity index (χ1n) is 7.29. The van der Waals surface area contributed by atoms with Crippen LogP contribution in [0, 0.1) is 0 Å². The molecule has 1 fully saturated rings. The number of hydrogen-bond acceptors (Lipinski definition) is 2. The van der Waals surface area contributed by atoms with E-state index in [1.165, 1.54) is 37.2 Å². The minimum absolute atomic E-state index is 0.604. The fourth-order valence-electron chi connectivity index (χ4n) is 2.88. The van der Waals surface area contributed by atoms with Gasteiger partial charge in [-0.05, 0) is 36.9 Å². The van der Waals surface area contributed by atoms with E-state index >= 15 is 0 Å². The molecule has 0 radical (unpaired) electrons. The van der Waals surface area contributed by atoms with Gasteiger partial charge in [-0.2, -0.15) is 0 Å². The topological polar surface area (TPSA) is 15.3 Å². The van der Waals surface area contributed by atoms with Crippen LogP contribution in [0.25, 0.3) is 0 Å². The number of anilines is 1. The predicted molar refractivity (Wildman–Crippen MR) is 79.4 cm³/mol. The second kappa shape index (κ2) is 6.24. The molecule has 0 aliphatic carbocycles. The summed E-state index contributed by atoms with van der Waals surface area (Å²) >= 11 is 0. The van der Waals surface area contributed by atoms with Gasteiger partial charge in [0, 0.05) is 24.8 Å². The highest BCUT2D eigenvalue weighted by molar-refractivity contribution is 5.55. The van der Waals surface area contributed by atoms with Crippen molar-refractivity contribution in [3.63, 3.8) is 0 Å². The van der Waals surface area contributed by atoms with Crippen molar-refractivity contribution in [3.8, 4) is 0 Å². The third kappa shape index (κ3) is 3.05. The van der Waals surface area contributed by atoms with E-state index in [0.717, 1.165) is 12.6 Å². The van der Waals surface area contributed by atoms with Crippen LogP contribution in [0.2, 0.25) is 0 Å². The van der Waals surface area contributed by atoms with Crippen molar-refractivity contribution in [2.45, 2.75) is 45.6 Å². The third-order valence-electron chi connectivity index (χ3n) is 3.89. The lowest BCUT2D eigenvalue weighted by Crippen LogP contribution is -2.42. The molecule has 1 heterocycles. The van der Waals surface area contributed by atoms with E-state index in [9.17, 15) is 0 Å². The Morgan fingerprint density at radius 2 is 1.89 bits per heavy atom. The number of para-hydroxylation sites is 1. The maximum absolute atomic E-state index is 3.57. The zero-order valence-electron chi connectivity index (χ0n) is 11.9. The standard InChI is InChI=1S/C16H26N2/c1-4-17-14-9-11-18(12-10-14)16-8-6-5-7-15(16)13(2)3/h5-8,13-14,17H,4,9-12H2,1-3H3. The van der Waals surface area contributed by atoms with Gasteiger partial charge in [0.25, 0.3) is 0 Å². The zero-order chi connectivity index (χ0) is 13.0. The summed E-state index contributed by atoms with van der Waals surface area (Å²) in [5.74, 6) is 0.604. The van der Waals surface area contributed by atoms with Crippen LogP contribution < -0.4 is 10.2 Å². The summed E-state index contributed by atoms with van der Waals surface area (Å²) < 4.78 is 0. The molecule has 2 heteroatoms. The van der Waals surface area contributed by atoms with E-state index in [2.05, 4.69) is 55.3 Å². The van der Waals surface area contributed by atoms with Gasteiger partial charge >= 0.3 is 0 Å². The summed E-state index contributed by atoms with van der Waals surface area (Å²) in [6.45, 7) is 10.2. The molecule has 0 spiro atoms. The van der Waals surface area contributed by atoms with Gasteiger partial charge in [-0.25, -0.2) is 0 Å². The molecular weight excluding hydrogens is 220 g/mol. The molecule has 100 valence electrons. The summed E-state index contributed by atoms with van der Waals surface area (Å²) in [6, 6.07) is 9.60. The summed E-state index contributed by atoms with van der Waals surface area (Å²) in [6.07, 6.45) is 2.53. The average molecular weight is 246 g/mol. The Hall–Kier alpha value is -1.02. The Kier molecular flexibility index (Phi) is 4.65. The number of piperidine rings is 1. The quantitative estimate of drug-likeness (QED) is 0.876. The van der Waals surface area contributed by atoms with Crippen LogP contribution >= 0.6 is 0 Å². The monoisotopic (exact) mass is 246 g/mol. The Morgan fingerprint density at radius 3 is 2.50 bits per heavy atom. The number of hydrogen-bond donors (Lipinski definition) is 1. The highest BCUT2D eigenvalue weighted by atomic mass is 15.1. The number of rotatable bonds is 4. The maximum atomic E-state index is 3.57. The molecular formula is C16H26N2. The predicted octanol–water partition coefficient (Wildman–Crippen LogP) is 3.39. The van der Waals surface area contributed by atoms with Crippen molar-refractivity contribution < 1.29 is 0 Å². The van der Waals surface area contributed by atoms with Crippen LogP contribution in [0.15, 0.2) is 24.3 Å². The molecule has 0 unspecified atom stereocenters. The van der Waals surface area contributed by atoms with Crippen LogP contribution in [-0.4, -0.2) is 25.7 Å². The highest BCUT2D eigenvalue weighted by Gasteiger charge is 2.20. The summed E-state index contributed by atoms with van der Waals surface area (Å²) in [5.41, 5.74) is 2.93. The Labute approximate surface area is 111 Å². The minimum atomic E-state index is 0.604. The lowest BCUT2D eigenvalue weighted by Gasteiger charge is -2.35. The molecule has 0 bridgehead atoms. The van der Waals surface area contributed by atoms with Gasteiger partial charge in [-0.15, -0.1) is 0 Å². The molecule has 2 rings (SSSR count). The van der Waals surface area contributed by atoms with Crippen molar-refractivity contribution >= 4 is 5.69 Å². The van der Waals surface area contributed by atoms with Gasteiger partial charge < -0.3 is 10.2 Å². The van der Waals surface area contributed by atoms with Gasteiger partial charge in [-0.3, -0.25) is 0 Å². The van der Waals surface area contributed by atoms with Crippen molar-refractivity contribution in [2.24, 2.45) is 0 Å².